The van der Waals surface area contributed by atoms with Crippen LogP contribution in [0.5, 0.6) is 0 Å². The highest BCUT2D eigenvalue weighted by atomic mass is 19.4. The van der Waals surface area contributed by atoms with Gasteiger partial charge in [-0.1, -0.05) is 32.0 Å². The number of benzene rings is 2. The number of halogens is 3. The van der Waals surface area contributed by atoms with E-state index >= 15 is 0 Å². The second-order valence-electron chi connectivity index (χ2n) is 6.21. The summed E-state index contributed by atoms with van der Waals surface area (Å²) in [7, 11) is 0. The first-order valence-corrected chi connectivity index (χ1v) is 7.93. The molecule has 4 nitrogen and oxygen atoms in total. The Kier molecular flexibility index (Phi) is 4.51. The Bertz CT molecular complexity index is 981. The van der Waals surface area contributed by atoms with Crippen LogP contribution in [-0.4, -0.2) is 15.4 Å². The summed E-state index contributed by atoms with van der Waals surface area (Å²) < 4.78 is 39.1. The first-order chi connectivity index (χ1) is 12.3. The monoisotopic (exact) mass is 356 g/mol. The van der Waals surface area contributed by atoms with E-state index in [2.05, 4.69) is 15.4 Å². The van der Waals surface area contributed by atoms with Crippen LogP contribution in [0.3, 0.4) is 0 Å². The Morgan fingerprint density at radius 3 is 2.38 bits per heavy atom. The number of aromatic amines is 1. The molecule has 1 N–H and O–H groups in total. The predicted octanol–water partition coefficient (Wildman–Crippen LogP) is 5.15. The largest absolute Gasteiger partial charge is 0.416 e. The van der Waals surface area contributed by atoms with Gasteiger partial charge in [0.25, 0.3) is 0 Å². The van der Waals surface area contributed by atoms with Gasteiger partial charge in [0.05, 0.1) is 5.56 Å². The Morgan fingerprint density at radius 1 is 1.00 bits per heavy atom. The molecule has 0 unspecified atom stereocenters. The summed E-state index contributed by atoms with van der Waals surface area (Å²) >= 11 is 0. The summed E-state index contributed by atoms with van der Waals surface area (Å²) in [6, 6.07) is 12.6. The fourth-order valence-corrected chi connectivity index (χ4v) is 2.67. The molecule has 132 valence electrons. The molecule has 3 rings (SSSR count). The van der Waals surface area contributed by atoms with Gasteiger partial charge in [-0.15, -0.1) is 5.10 Å². The van der Waals surface area contributed by atoms with Crippen LogP contribution in [-0.2, 0) is 6.18 Å². The first-order valence-electron chi connectivity index (χ1n) is 7.93. The molecule has 1 aromatic heterocycles. The molecule has 0 saturated heterocycles. The Morgan fingerprint density at radius 2 is 1.73 bits per heavy atom. The van der Waals surface area contributed by atoms with Crippen LogP contribution < -0.4 is 0 Å². The maximum Gasteiger partial charge on any atom is 0.416 e. The molecule has 0 aliphatic heterocycles. The molecule has 0 radical (unpaired) electrons. The fraction of sp³-hybridized carbons (Fsp3) is 0.211. The van der Waals surface area contributed by atoms with Crippen LogP contribution in [0.2, 0.25) is 0 Å². The molecule has 2 aromatic carbocycles. The average Bonchev–Trinajstić information content (AvgIpc) is 3.09. The Hall–Kier alpha value is -3.14. The summed E-state index contributed by atoms with van der Waals surface area (Å²) in [5, 5.41) is 19.4. The van der Waals surface area contributed by atoms with Crippen molar-refractivity contribution in [2.75, 3.05) is 0 Å². The lowest BCUT2D eigenvalue weighted by Crippen LogP contribution is -2.04. The van der Waals surface area contributed by atoms with Gasteiger partial charge in [0.15, 0.2) is 5.69 Å². The van der Waals surface area contributed by atoms with Gasteiger partial charge in [0, 0.05) is 5.56 Å². The molecule has 0 saturated carbocycles. The number of aromatic nitrogens is 3. The van der Waals surface area contributed by atoms with Crippen molar-refractivity contribution in [1.29, 1.82) is 5.26 Å². The maximum absolute atomic E-state index is 13.0. The van der Waals surface area contributed by atoms with E-state index in [4.69, 9.17) is 5.26 Å². The van der Waals surface area contributed by atoms with Gasteiger partial charge in [0.2, 0.25) is 0 Å². The molecule has 0 bridgehead atoms. The first kappa shape index (κ1) is 17.7. The van der Waals surface area contributed by atoms with Gasteiger partial charge in [-0.25, -0.2) is 0 Å². The number of H-pyrrole nitrogens is 1. The lowest BCUT2D eigenvalue weighted by atomic mass is 9.92. The minimum Gasteiger partial charge on any atom is -0.196 e. The number of nitrogens with one attached hydrogen (secondary N) is 1. The van der Waals surface area contributed by atoms with E-state index < -0.39 is 11.7 Å². The molecular formula is C19H15F3N4. The highest BCUT2D eigenvalue weighted by molar-refractivity contribution is 5.75. The van der Waals surface area contributed by atoms with E-state index in [0.717, 1.165) is 17.7 Å². The smallest absolute Gasteiger partial charge is 0.196 e. The van der Waals surface area contributed by atoms with Crippen molar-refractivity contribution in [2.24, 2.45) is 0 Å². The van der Waals surface area contributed by atoms with Crippen molar-refractivity contribution in [3.05, 3.63) is 59.3 Å². The third-order valence-electron chi connectivity index (χ3n) is 4.07. The number of rotatable bonds is 3. The van der Waals surface area contributed by atoms with Crippen LogP contribution in [0.15, 0.2) is 42.5 Å². The second kappa shape index (κ2) is 6.64. The molecule has 0 spiro atoms. The van der Waals surface area contributed by atoms with E-state index in [-0.39, 0.29) is 11.6 Å². The Labute approximate surface area is 148 Å². The molecule has 0 fully saturated rings. The summed E-state index contributed by atoms with van der Waals surface area (Å²) in [6.07, 6.45) is -4.41. The van der Waals surface area contributed by atoms with Crippen LogP contribution >= 0.6 is 0 Å². The SMILES string of the molecule is CC(C)c1cc(-c2cccc(C(F)(F)F)c2)cc(-c2n[nH]nc2C#N)c1. The average molecular weight is 356 g/mol. The maximum atomic E-state index is 13.0. The lowest BCUT2D eigenvalue weighted by Gasteiger charge is -2.13. The molecule has 26 heavy (non-hydrogen) atoms. The van der Waals surface area contributed by atoms with Crippen LogP contribution in [0.1, 0.15) is 36.6 Å². The van der Waals surface area contributed by atoms with Gasteiger partial charge in [-0.3, -0.25) is 0 Å². The zero-order valence-corrected chi connectivity index (χ0v) is 14.1. The van der Waals surface area contributed by atoms with Gasteiger partial charge >= 0.3 is 6.18 Å². The quantitative estimate of drug-likeness (QED) is 0.705. The second-order valence-corrected chi connectivity index (χ2v) is 6.21. The van der Waals surface area contributed by atoms with E-state index in [9.17, 15) is 13.2 Å². The summed E-state index contributed by atoms with van der Waals surface area (Å²) in [6.45, 7) is 3.98. The molecular weight excluding hydrogens is 341 g/mol. The third kappa shape index (κ3) is 3.45. The van der Waals surface area contributed by atoms with Gasteiger partial charge < -0.3 is 0 Å². The van der Waals surface area contributed by atoms with Crippen LogP contribution in [0.4, 0.5) is 13.2 Å². The number of alkyl halides is 3. The summed E-state index contributed by atoms with van der Waals surface area (Å²) in [5.41, 5.74) is 2.46. The molecule has 0 atom stereocenters. The van der Waals surface area contributed by atoms with Gasteiger partial charge in [-0.05, 0) is 46.9 Å². The van der Waals surface area contributed by atoms with Crippen molar-refractivity contribution in [1.82, 2.24) is 15.4 Å². The standard InChI is InChI=1S/C19H15F3N4/c1-11(2)13-6-14(12-4-3-5-16(9-12)19(20,21)22)8-15(7-13)18-17(10-23)24-26-25-18/h3-9,11H,1-2H3,(H,24,25,26). The van der Waals surface area contributed by atoms with Crippen molar-refractivity contribution >= 4 is 0 Å². The number of hydrogen-bond donors (Lipinski definition) is 1. The minimum atomic E-state index is -4.41. The summed E-state index contributed by atoms with van der Waals surface area (Å²) in [4.78, 5) is 0. The zero-order chi connectivity index (χ0) is 18.9. The highest BCUT2D eigenvalue weighted by Gasteiger charge is 2.30. The third-order valence-corrected chi connectivity index (χ3v) is 4.07. The molecule has 0 aliphatic rings. The van der Waals surface area contributed by atoms with E-state index in [1.54, 1.807) is 12.1 Å². The van der Waals surface area contributed by atoms with Gasteiger partial charge in [-0.2, -0.15) is 28.7 Å². The summed E-state index contributed by atoms with van der Waals surface area (Å²) in [5.74, 6) is 0.150. The minimum absolute atomic E-state index is 0.140. The molecule has 1 heterocycles. The molecule has 7 heteroatoms. The topological polar surface area (TPSA) is 65.4 Å². The van der Waals surface area contributed by atoms with E-state index in [1.165, 1.54) is 6.07 Å². The van der Waals surface area contributed by atoms with E-state index in [1.807, 2.05) is 32.0 Å². The van der Waals surface area contributed by atoms with Crippen LogP contribution in [0.25, 0.3) is 22.4 Å². The lowest BCUT2D eigenvalue weighted by molar-refractivity contribution is -0.137. The molecule has 3 aromatic rings. The Balaban J connectivity index is 2.18. The van der Waals surface area contributed by atoms with Crippen molar-refractivity contribution in [3.63, 3.8) is 0 Å². The fourth-order valence-electron chi connectivity index (χ4n) is 2.67. The highest BCUT2D eigenvalue weighted by Crippen LogP contribution is 2.35. The number of hydrogen-bond acceptors (Lipinski definition) is 3. The zero-order valence-electron chi connectivity index (χ0n) is 14.1. The van der Waals surface area contributed by atoms with Crippen molar-refractivity contribution < 1.29 is 13.2 Å². The van der Waals surface area contributed by atoms with Gasteiger partial charge in [0.1, 0.15) is 11.8 Å². The van der Waals surface area contributed by atoms with Crippen molar-refractivity contribution in [2.45, 2.75) is 25.9 Å². The number of nitriles is 1. The predicted molar refractivity (Wildman–Crippen MR) is 91.1 cm³/mol. The normalized spacial score (nSPS) is 11.6. The van der Waals surface area contributed by atoms with E-state index in [0.29, 0.717) is 22.4 Å². The molecule has 0 amide bonds. The van der Waals surface area contributed by atoms with Crippen molar-refractivity contribution in [3.8, 4) is 28.5 Å². The molecule has 0 aliphatic carbocycles. The number of nitrogens with zero attached hydrogens (tertiary/aromatic N) is 3. The van der Waals surface area contributed by atoms with Crippen LogP contribution in [0, 0.1) is 11.3 Å².